The molecule has 5 heteroatoms. The van der Waals surface area contributed by atoms with Gasteiger partial charge in [0.05, 0.1) is 18.3 Å². The van der Waals surface area contributed by atoms with Crippen molar-refractivity contribution in [3.63, 3.8) is 0 Å². The van der Waals surface area contributed by atoms with E-state index in [0.29, 0.717) is 24.4 Å². The SMILES string of the molecule is CC(c1ccccc1)C(/C=C/[C@@H]1[C@H](C/C=C\C/C=C/C(=O)O)[C@@H]2CC[C@H]1O2)OC1CCCCO1. The van der Waals surface area contributed by atoms with Crippen molar-refractivity contribution in [2.45, 2.75) is 82.4 Å². The molecule has 1 aromatic rings. The fourth-order valence-electron chi connectivity index (χ4n) is 5.49. The van der Waals surface area contributed by atoms with Crippen molar-refractivity contribution in [3.8, 4) is 0 Å². The number of benzene rings is 1. The molecule has 0 saturated carbocycles. The number of carboxylic acid groups (broad SMARTS) is 1. The van der Waals surface area contributed by atoms with E-state index in [-0.39, 0.29) is 24.4 Å². The Kier molecular flexibility index (Phi) is 9.14. The minimum Gasteiger partial charge on any atom is -0.478 e. The fraction of sp³-hybridized carbons (Fsp3) is 0.552. The number of hydrogen-bond donors (Lipinski definition) is 1. The highest BCUT2D eigenvalue weighted by molar-refractivity contribution is 5.79. The number of fused-ring (bicyclic) bond motifs is 2. The first-order valence-electron chi connectivity index (χ1n) is 12.8. The molecule has 4 rings (SSSR count). The van der Waals surface area contributed by atoms with E-state index in [2.05, 4.69) is 55.5 Å². The Balaban J connectivity index is 1.43. The quantitative estimate of drug-likeness (QED) is 0.319. The Morgan fingerprint density at radius 1 is 1.12 bits per heavy atom. The normalized spacial score (nSPS) is 31.0. The Morgan fingerprint density at radius 2 is 1.94 bits per heavy atom. The van der Waals surface area contributed by atoms with Gasteiger partial charge in [-0.05, 0) is 56.4 Å². The van der Waals surface area contributed by atoms with Gasteiger partial charge in [-0.15, -0.1) is 0 Å². The van der Waals surface area contributed by atoms with Crippen LogP contribution in [0.3, 0.4) is 0 Å². The number of carboxylic acids is 1. The largest absolute Gasteiger partial charge is 0.478 e. The van der Waals surface area contributed by atoms with Crippen LogP contribution in [0.4, 0.5) is 0 Å². The van der Waals surface area contributed by atoms with Crippen LogP contribution >= 0.6 is 0 Å². The molecule has 7 atom stereocenters. The molecule has 3 saturated heterocycles. The van der Waals surface area contributed by atoms with E-state index in [9.17, 15) is 4.79 Å². The Bertz CT molecular complexity index is 855. The van der Waals surface area contributed by atoms with Crippen molar-refractivity contribution in [3.05, 3.63) is 72.4 Å². The summed E-state index contributed by atoms with van der Waals surface area (Å²) in [5, 5.41) is 8.71. The maximum atomic E-state index is 10.6. The van der Waals surface area contributed by atoms with Crippen LogP contribution in [-0.2, 0) is 19.0 Å². The second-order valence-corrected chi connectivity index (χ2v) is 9.70. The van der Waals surface area contributed by atoms with Crippen LogP contribution in [0.1, 0.15) is 63.4 Å². The van der Waals surface area contributed by atoms with Gasteiger partial charge in [-0.1, -0.05) is 67.6 Å². The zero-order valence-corrected chi connectivity index (χ0v) is 20.1. The van der Waals surface area contributed by atoms with Gasteiger partial charge in [0.1, 0.15) is 0 Å². The van der Waals surface area contributed by atoms with Gasteiger partial charge in [0.15, 0.2) is 6.29 Å². The smallest absolute Gasteiger partial charge is 0.327 e. The maximum Gasteiger partial charge on any atom is 0.327 e. The first kappa shape index (κ1) is 24.9. The second kappa shape index (κ2) is 12.5. The number of rotatable bonds is 11. The average Bonchev–Trinajstić information content (AvgIpc) is 3.46. The third-order valence-electron chi connectivity index (χ3n) is 7.38. The summed E-state index contributed by atoms with van der Waals surface area (Å²) in [6, 6.07) is 10.6. The third-order valence-corrected chi connectivity index (χ3v) is 7.38. The highest BCUT2D eigenvalue weighted by Gasteiger charge is 2.47. The molecule has 3 fully saturated rings. The lowest BCUT2D eigenvalue weighted by molar-refractivity contribution is -0.181. The lowest BCUT2D eigenvalue weighted by Crippen LogP contribution is -2.30. The monoisotopic (exact) mass is 466 g/mol. The minimum absolute atomic E-state index is 0.0537. The van der Waals surface area contributed by atoms with E-state index < -0.39 is 5.97 Å². The van der Waals surface area contributed by atoms with Crippen molar-refractivity contribution in [1.29, 1.82) is 0 Å². The number of aliphatic carboxylic acids is 1. The van der Waals surface area contributed by atoms with Crippen LogP contribution < -0.4 is 0 Å². The van der Waals surface area contributed by atoms with Gasteiger partial charge in [0, 0.05) is 24.5 Å². The highest BCUT2D eigenvalue weighted by atomic mass is 16.7. The molecule has 0 aromatic heterocycles. The van der Waals surface area contributed by atoms with Crippen LogP contribution in [0.25, 0.3) is 0 Å². The van der Waals surface area contributed by atoms with Crippen molar-refractivity contribution < 1.29 is 24.1 Å². The molecule has 0 spiro atoms. The first-order valence-corrected chi connectivity index (χ1v) is 12.8. The molecule has 1 aromatic carbocycles. The van der Waals surface area contributed by atoms with Crippen LogP contribution in [-0.4, -0.2) is 42.3 Å². The van der Waals surface area contributed by atoms with E-state index in [4.69, 9.17) is 19.3 Å². The predicted molar refractivity (Wildman–Crippen MR) is 132 cm³/mol. The molecular weight excluding hydrogens is 428 g/mol. The molecule has 3 heterocycles. The van der Waals surface area contributed by atoms with Crippen LogP contribution in [0.15, 0.2) is 66.8 Å². The summed E-state index contributed by atoms with van der Waals surface area (Å²) in [6.07, 6.45) is 19.2. The van der Waals surface area contributed by atoms with Crippen LogP contribution in [0.5, 0.6) is 0 Å². The summed E-state index contributed by atoms with van der Waals surface area (Å²) in [6.45, 7) is 3.01. The summed E-state index contributed by atoms with van der Waals surface area (Å²) in [7, 11) is 0. The molecule has 3 aliphatic rings. The number of carbonyl (C=O) groups is 1. The second-order valence-electron chi connectivity index (χ2n) is 9.70. The van der Waals surface area contributed by atoms with Gasteiger partial charge in [-0.25, -0.2) is 4.79 Å². The molecule has 3 unspecified atom stereocenters. The van der Waals surface area contributed by atoms with Gasteiger partial charge in [-0.3, -0.25) is 0 Å². The molecule has 3 aliphatic heterocycles. The lowest BCUT2D eigenvalue weighted by Gasteiger charge is -2.30. The number of allylic oxidation sites excluding steroid dienone is 3. The molecule has 0 radical (unpaired) electrons. The summed E-state index contributed by atoms with van der Waals surface area (Å²) >= 11 is 0. The first-order chi connectivity index (χ1) is 16.6. The van der Waals surface area contributed by atoms with Crippen molar-refractivity contribution in [2.24, 2.45) is 11.8 Å². The summed E-state index contributed by atoms with van der Waals surface area (Å²) in [5.74, 6) is 0.148. The Hall–Kier alpha value is -2.21. The summed E-state index contributed by atoms with van der Waals surface area (Å²) in [4.78, 5) is 10.6. The zero-order valence-electron chi connectivity index (χ0n) is 20.1. The van der Waals surface area contributed by atoms with Crippen LogP contribution in [0, 0.1) is 11.8 Å². The summed E-state index contributed by atoms with van der Waals surface area (Å²) < 4.78 is 18.7. The third kappa shape index (κ3) is 6.68. The van der Waals surface area contributed by atoms with Gasteiger partial charge < -0.3 is 19.3 Å². The molecule has 184 valence electrons. The van der Waals surface area contributed by atoms with E-state index in [0.717, 1.165) is 45.1 Å². The highest BCUT2D eigenvalue weighted by Crippen LogP contribution is 2.46. The molecule has 5 nitrogen and oxygen atoms in total. The van der Waals surface area contributed by atoms with Gasteiger partial charge >= 0.3 is 5.97 Å². The van der Waals surface area contributed by atoms with E-state index >= 15 is 0 Å². The molecule has 1 N–H and O–H groups in total. The fourth-order valence-corrected chi connectivity index (χ4v) is 5.49. The topological polar surface area (TPSA) is 65.0 Å². The molecule has 0 amide bonds. The lowest BCUT2D eigenvalue weighted by atomic mass is 9.77. The van der Waals surface area contributed by atoms with Gasteiger partial charge in [-0.2, -0.15) is 0 Å². The van der Waals surface area contributed by atoms with Crippen molar-refractivity contribution in [2.75, 3.05) is 6.61 Å². The maximum absolute atomic E-state index is 10.6. The van der Waals surface area contributed by atoms with Crippen molar-refractivity contribution in [1.82, 2.24) is 0 Å². The molecule has 0 aliphatic carbocycles. The number of hydrogen-bond acceptors (Lipinski definition) is 4. The Morgan fingerprint density at radius 3 is 2.71 bits per heavy atom. The van der Waals surface area contributed by atoms with E-state index in [1.165, 1.54) is 11.6 Å². The average molecular weight is 467 g/mol. The molecule has 34 heavy (non-hydrogen) atoms. The van der Waals surface area contributed by atoms with Gasteiger partial charge in [0.2, 0.25) is 0 Å². The molecular formula is C29H38O5. The molecule has 2 bridgehead atoms. The van der Waals surface area contributed by atoms with E-state index in [1.54, 1.807) is 6.08 Å². The minimum atomic E-state index is -0.903. The number of ether oxygens (including phenoxy) is 3. The zero-order chi connectivity index (χ0) is 23.8. The Labute approximate surface area is 203 Å². The van der Waals surface area contributed by atoms with Crippen LogP contribution in [0.2, 0.25) is 0 Å². The predicted octanol–water partition coefficient (Wildman–Crippen LogP) is 6.03. The standard InChI is InChI=1S/C29H38O5/c1-21(22-11-5-4-6-12-22)25(34-29-15-9-10-20-32-29)17-16-24-23(26-18-19-27(24)33-26)13-7-2-3-8-14-28(30)31/h2,4-8,11-12,14,16-17,21,23-27,29H,3,9-10,13,15,18-20H2,1H3,(H,30,31)/b7-2-,14-8+,17-16+/t21?,23-,24+,25?,26-,27+,29?/m0/s1. The van der Waals surface area contributed by atoms with E-state index in [1.807, 2.05) is 6.07 Å². The van der Waals surface area contributed by atoms with Crippen molar-refractivity contribution >= 4 is 5.97 Å². The summed E-state index contributed by atoms with van der Waals surface area (Å²) in [5.41, 5.74) is 1.27. The van der Waals surface area contributed by atoms with Gasteiger partial charge in [0.25, 0.3) is 0 Å².